The molecule has 0 unspecified atom stereocenters. The van der Waals surface area contributed by atoms with Crippen LogP contribution in [0.15, 0.2) is 18.2 Å². The molecule has 0 saturated carbocycles. The number of aromatic nitrogens is 3. The van der Waals surface area contributed by atoms with Crippen molar-refractivity contribution in [3.05, 3.63) is 18.2 Å². The summed E-state index contributed by atoms with van der Waals surface area (Å²) in [6, 6.07) is 5.70. The zero-order chi connectivity index (χ0) is 14.7. The van der Waals surface area contributed by atoms with Gasteiger partial charge in [0.25, 0.3) is 0 Å². The number of hydrogen-bond acceptors (Lipinski definition) is 6. The number of ether oxygens (including phenoxy) is 2. The van der Waals surface area contributed by atoms with Crippen LogP contribution in [0.2, 0.25) is 0 Å². The summed E-state index contributed by atoms with van der Waals surface area (Å²) in [6.45, 7) is 3.72. The molecule has 0 bridgehead atoms. The number of nitrogens with one attached hydrogen (secondary N) is 2. The van der Waals surface area contributed by atoms with Crippen molar-refractivity contribution in [3.63, 3.8) is 0 Å². The summed E-state index contributed by atoms with van der Waals surface area (Å²) >= 11 is 0. The first-order valence-corrected chi connectivity index (χ1v) is 6.93. The van der Waals surface area contributed by atoms with Gasteiger partial charge in [-0.15, -0.1) is 5.10 Å². The summed E-state index contributed by atoms with van der Waals surface area (Å²) < 4.78 is 10.8. The van der Waals surface area contributed by atoms with Crippen LogP contribution in [0.1, 0.15) is 0 Å². The summed E-state index contributed by atoms with van der Waals surface area (Å²) in [5.41, 5.74) is 0.839. The first-order valence-electron chi connectivity index (χ1n) is 6.93. The van der Waals surface area contributed by atoms with Crippen molar-refractivity contribution in [2.24, 2.45) is 0 Å². The van der Waals surface area contributed by atoms with E-state index in [-0.39, 0.29) is 0 Å². The minimum absolute atomic E-state index is 0.656. The third kappa shape index (κ3) is 2.64. The Hall–Kier alpha value is -2.28. The molecule has 2 aromatic rings. The van der Waals surface area contributed by atoms with Crippen LogP contribution in [-0.2, 0) is 0 Å². The van der Waals surface area contributed by atoms with Gasteiger partial charge < -0.3 is 19.7 Å². The van der Waals surface area contributed by atoms with Crippen LogP contribution in [-0.4, -0.2) is 55.6 Å². The number of rotatable bonds is 4. The number of aromatic amines is 1. The van der Waals surface area contributed by atoms with Crippen molar-refractivity contribution in [1.29, 1.82) is 0 Å². The van der Waals surface area contributed by atoms with Crippen LogP contribution in [0.3, 0.4) is 0 Å². The van der Waals surface area contributed by atoms with E-state index in [0.29, 0.717) is 17.3 Å². The molecule has 0 spiro atoms. The van der Waals surface area contributed by atoms with E-state index in [1.807, 2.05) is 18.2 Å². The van der Waals surface area contributed by atoms with Gasteiger partial charge >= 0.3 is 0 Å². The Morgan fingerprint density at radius 2 is 1.95 bits per heavy atom. The maximum Gasteiger partial charge on any atom is 0.245 e. The van der Waals surface area contributed by atoms with Gasteiger partial charge in [0.15, 0.2) is 17.3 Å². The van der Waals surface area contributed by atoms with Crippen molar-refractivity contribution in [2.45, 2.75) is 0 Å². The Balaban J connectivity index is 1.92. The van der Waals surface area contributed by atoms with Gasteiger partial charge in [0.05, 0.1) is 19.8 Å². The molecule has 7 heteroatoms. The molecule has 0 radical (unpaired) electrons. The Labute approximate surface area is 123 Å². The maximum absolute atomic E-state index is 5.44. The molecule has 1 aliphatic heterocycles. The lowest BCUT2D eigenvalue weighted by Gasteiger charge is -2.25. The molecule has 2 heterocycles. The number of anilines is 1. The molecule has 1 fully saturated rings. The van der Waals surface area contributed by atoms with Crippen molar-refractivity contribution in [3.8, 4) is 22.9 Å². The molecule has 1 saturated heterocycles. The molecule has 2 N–H and O–H groups in total. The number of methoxy groups -OCH3 is 2. The normalized spacial score (nSPS) is 15.0. The lowest BCUT2D eigenvalue weighted by Crippen LogP contribution is -2.44. The average Bonchev–Trinajstić information content (AvgIpc) is 3.04. The molecule has 112 valence electrons. The second-order valence-corrected chi connectivity index (χ2v) is 4.76. The maximum atomic E-state index is 5.44. The molecule has 0 aliphatic carbocycles. The van der Waals surface area contributed by atoms with Crippen LogP contribution < -0.4 is 19.7 Å². The Kier molecular flexibility index (Phi) is 3.92. The molecule has 21 heavy (non-hydrogen) atoms. The van der Waals surface area contributed by atoms with E-state index in [4.69, 9.17) is 9.47 Å². The van der Waals surface area contributed by atoms with Gasteiger partial charge in [0.1, 0.15) is 0 Å². The molecule has 3 rings (SSSR count). The van der Waals surface area contributed by atoms with Crippen LogP contribution >= 0.6 is 0 Å². The van der Waals surface area contributed by atoms with E-state index in [1.54, 1.807) is 14.2 Å². The highest BCUT2D eigenvalue weighted by Crippen LogP contribution is 2.36. The monoisotopic (exact) mass is 289 g/mol. The number of benzene rings is 1. The predicted molar refractivity (Wildman–Crippen MR) is 80.0 cm³/mol. The summed E-state index contributed by atoms with van der Waals surface area (Å²) in [5, 5.41) is 10.6. The SMILES string of the molecule is COc1cccc(-c2nc(N3CCNCC3)n[nH]2)c1OC. The summed E-state index contributed by atoms with van der Waals surface area (Å²) in [7, 11) is 3.24. The predicted octanol–water partition coefficient (Wildman–Crippen LogP) is 0.898. The van der Waals surface area contributed by atoms with Crippen molar-refractivity contribution >= 4 is 5.95 Å². The van der Waals surface area contributed by atoms with Gasteiger partial charge in [-0.25, -0.2) is 0 Å². The molecule has 0 amide bonds. The molecule has 1 aromatic heterocycles. The van der Waals surface area contributed by atoms with E-state index >= 15 is 0 Å². The number of para-hydroxylation sites is 1. The van der Waals surface area contributed by atoms with Crippen LogP contribution in [0, 0.1) is 0 Å². The lowest BCUT2D eigenvalue weighted by molar-refractivity contribution is 0.356. The lowest BCUT2D eigenvalue weighted by atomic mass is 10.2. The van der Waals surface area contributed by atoms with Crippen molar-refractivity contribution in [2.75, 3.05) is 45.3 Å². The molecule has 1 aliphatic rings. The first-order chi connectivity index (χ1) is 10.3. The zero-order valence-corrected chi connectivity index (χ0v) is 12.2. The molecule has 0 atom stereocenters. The summed E-state index contributed by atoms with van der Waals surface area (Å²) in [4.78, 5) is 6.74. The summed E-state index contributed by atoms with van der Waals surface area (Å²) in [5.74, 6) is 2.73. The highest BCUT2D eigenvalue weighted by molar-refractivity contribution is 5.69. The second kappa shape index (κ2) is 6.01. The Morgan fingerprint density at radius 3 is 2.67 bits per heavy atom. The number of nitrogens with zero attached hydrogens (tertiary/aromatic N) is 3. The zero-order valence-electron chi connectivity index (χ0n) is 12.2. The van der Waals surface area contributed by atoms with E-state index in [0.717, 1.165) is 37.7 Å². The number of piperazine rings is 1. The molecular formula is C14H19N5O2. The summed E-state index contributed by atoms with van der Waals surface area (Å²) in [6.07, 6.45) is 0. The third-order valence-electron chi connectivity index (χ3n) is 3.53. The van der Waals surface area contributed by atoms with Crippen LogP contribution in [0.25, 0.3) is 11.4 Å². The van der Waals surface area contributed by atoms with Crippen LogP contribution in [0.4, 0.5) is 5.95 Å². The fourth-order valence-electron chi connectivity index (χ4n) is 2.45. The van der Waals surface area contributed by atoms with Gasteiger partial charge in [0, 0.05) is 26.2 Å². The first kappa shape index (κ1) is 13.7. The van der Waals surface area contributed by atoms with Gasteiger partial charge in [-0.2, -0.15) is 4.98 Å². The molecular weight excluding hydrogens is 270 g/mol. The highest BCUT2D eigenvalue weighted by Gasteiger charge is 2.18. The highest BCUT2D eigenvalue weighted by atomic mass is 16.5. The van der Waals surface area contributed by atoms with E-state index < -0.39 is 0 Å². The van der Waals surface area contributed by atoms with E-state index in [2.05, 4.69) is 25.4 Å². The Bertz CT molecular complexity index is 607. The fraction of sp³-hybridized carbons (Fsp3) is 0.429. The third-order valence-corrected chi connectivity index (χ3v) is 3.53. The number of H-pyrrole nitrogens is 1. The van der Waals surface area contributed by atoms with Gasteiger partial charge in [-0.3, -0.25) is 5.10 Å². The Morgan fingerprint density at radius 1 is 1.14 bits per heavy atom. The smallest absolute Gasteiger partial charge is 0.245 e. The van der Waals surface area contributed by atoms with E-state index in [9.17, 15) is 0 Å². The molecule has 7 nitrogen and oxygen atoms in total. The van der Waals surface area contributed by atoms with Crippen LogP contribution in [0.5, 0.6) is 11.5 Å². The fourth-order valence-corrected chi connectivity index (χ4v) is 2.45. The minimum Gasteiger partial charge on any atom is -0.493 e. The molecule has 1 aromatic carbocycles. The van der Waals surface area contributed by atoms with E-state index in [1.165, 1.54) is 0 Å². The largest absolute Gasteiger partial charge is 0.493 e. The van der Waals surface area contributed by atoms with Crippen molar-refractivity contribution < 1.29 is 9.47 Å². The minimum atomic E-state index is 0.656. The standard InChI is InChI=1S/C14H19N5O2/c1-20-11-5-3-4-10(12(11)21-2)13-16-14(18-17-13)19-8-6-15-7-9-19/h3-5,15H,6-9H2,1-2H3,(H,16,17,18). The average molecular weight is 289 g/mol. The second-order valence-electron chi connectivity index (χ2n) is 4.76. The topological polar surface area (TPSA) is 75.3 Å². The van der Waals surface area contributed by atoms with Gasteiger partial charge in [0.2, 0.25) is 5.95 Å². The van der Waals surface area contributed by atoms with Gasteiger partial charge in [-0.05, 0) is 12.1 Å². The van der Waals surface area contributed by atoms with Gasteiger partial charge in [-0.1, -0.05) is 6.07 Å². The quantitative estimate of drug-likeness (QED) is 0.871. The van der Waals surface area contributed by atoms with Crippen molar-refractivity contribution in [1.82, 2.24) is 20.5 Å². The number of hydrogen-bond donors (Lipinski definition) is 2.